The number of halogens is 3. The van der Waals surface area contributed by atoms with Crippen LogP contribution < -0.4 is 0 Å². The lowest BCUT2D eigenvalue weighted by Gasteiger charge is -2.31. The van der Waals surface area contributed by atoms with E-state index in [1.165, 1.54) is 24.3 Å². The first-order valence-corrected chi connectivity index (χ1v) is 4.60. The Hall–Kier alpha value is -1.36. The van der Waals surface area contributed by atoms with Gasteiger partial charge in [0.1, 0.15) is 0 Å². The fraction of sp³-hybridized carbons (Fsp3) is 0.364. The van der Waals surface area contributed by atoms with Crippen LogP contribution in [0.3, 0.4) is 0 Å². The Morgan fingerprint density at radius 2 is 1.75 bits per heavy atom. The van der Waals surface area contributed by atoms with Gasteiger partial charge in [0.15, 0.2) is 11.2 Å². The van der Waals surface area contributed by atoms with E-state index in [0.29, 0.717) is 0 Å². The van der Waals surface area contributed by atoms with Crippen LogP contribution in [0.1, 0.15) is 12.5 Å². The lowest BCUT2D eigenvalue weighted by molar-refractivity contribution is -0.200. The van der Waals surface area contributed by atoms with E-state index < -0.39 is 24.0 Å². The van der Waals surface area contributed by atoms with E-state index >= 15 is 0 Å². The summed E-state index contributed by atoms with van der Waals surface area (Å²) in [7, 11) is 0. The number of Topliss-reactive ketones (excluding diaryl/α,β-unsaturated/α-hetero) is 1. The first-order valence-electron chi connectivity index (χ1n) is 4.60. The Morgan fingerprint density at radius 3 is 2.06 bits per heavy atom. The number of hydrogen-bond acceptors (Lipinski definition) is 2. The summed E-state index contributed by atoms with van der Waals surface area (Å²) in [5.41, 5.74) is -3.05. The highest BCUT2D eigenvalue weighted by molar-refractivity contribution is 5.89. The summed E-state index contributed by atoms with van der Waals surface area (Å²) in [5, 5.41) is 9.00. The molecule has 0 bridgehead atoms. The fourth-order valence-corrected chi connectivity index (χ4v) is 1.58. The van der Waals surface area contributed by atoms with Gasteiger partial charge in [-0.3, -0.25) is 4.79 Å². The van der Waals surface area contributed by atoms with E-state index in [9.17, 15) is 18.0 Å². The molecule has 0 aliphatic carbocycles. The van der Waals surface area contributed by atoms with Crippen LogP contribution in [0.2, 0.25) is 0 Å². The number of ketones is 1. The highest BCUT2D eigenvalue weighted by atomic mass is 19.4. The summed E-state index contributed by atoms with van der Waals surface area (Å²) in [6.07, 6.45) is -4.81. The van der Waals surface area contributed by atoms with Crippen LogP contribution in [0.4, 0.5) is 13.2 Å². The molecule has 0 heterocycles. The molecular weight excluding hydrogens is 221 g/mol. The van der Waals surface area contributed by atoms with Crippen molar-refractivity contribution in [3.05, 3.63) is 35.9 Å². The van der Waals surface area contributed by atoms with Crippen LogP contribution in [0, 0.1) is 0 Å². The van der Waals surface area contributed by atoms with Crippen molar-refractivity contribution in [3.63, 3.8) is 0 Å². The quantitative estimate of drug-likeness (QED) is 0.866. The molecule has 16 heavy (non-hydrogen) atoms. The van der Waals surface area contributed by atoms with Gasteiger partial charge in [-0.1, -0.05) is 30.3 Å². The summed E-state index contributed by atoms with van der Waals surface area (Å²) < 4.78 is 38.8. The van der Waals surface area contributed by atoms with E-state index in [2.05, 4.69) is 0 Å². The SMILES string of the molecule is CC(=O)[C@](CO)(c1ccccc1)C(F)(F)F. The van der Waals surface area contributed by atoms with Crippen molar-refractivity contribution in [1.29, 1.82) is 0 Å². The van der Waals surface area contributed by atoms with Gasteiger partial charge in [-0.25, -0.2) is 0 Å². The highest BCUT2D eigenvalue weighted by Gasteiger charge is 2.59. The first kappa shape index (κ1) is 12.7. The Bertz CT molecular complexity index is 373. The summed E-state index contributed by atoms with van der Waals surface area (Å²) in [4.78, 5) is 11.3. The Kier molecular flexibility index (Phi) is 3.38. The molecular formula is C11H11F3O2. The van der Waals surface area contributed by atoms with Crippen LogP contribution >= 0.6 is 0 Å². The molecule has 1 atom stereocenters. The molecule has 0 amide bonds. The molecule has 0 aromatic heterocycles. The smallest absolute Gasteiger partial charge is 0.395 e. The molecule has 1 aromatic rings. The molecule has 0 unspecified atom stereocenters. The van der Waals surface area contributed by atoms with Crippen molar-refractivity contribution in [2.45, 2.75) is 18.5 Å². The average molecular weight is 232 g/mol. The summed E-state index contributed by atoms with van der Waals surface area (Å²) >= 11 is 0. The van der Waals surface area contributed by atoms with Gasteiger partial charge in [-0.05, 0) is 12.5 Å². The second kappa shape index (κ2) is 4.25. The van der Waals surface area contributed by atoms with Gasteiger partial charge in [0.2, 0.25) is 0 Å². The zero-order chi connectivity index (χ0) is 12.4. The standard InChI is InChI=1S/C11H11F3O2/c1-8(16)10(7-15,11(12,13)14)9-5-3-2-4-6-9/h2-6,15H,7H2,1H3/t10-/m1/s1. The van der Waals surface area contributed by atoms with Gasteiger partial charge < -0.3 is 5.11 Å². The van der Waals surface area contributed by atoms with Crippen molar-refractivity contribution in [2.75, 3.05) is 6.61 Å². The molecule has 0 fully saturated rings. The highest BCUT2D eigenvalue weighted by Crippen LogP contribution is 2.41. The number of aliphatic hydroxyl groups excluding tert-OH is 1. The van der Waals surface area contributed by atoms with Crippen LogP contribution in [0.25, 0.3) is 0 Å². The molecule has 1 aromatic carbocycles. The minimum Gasteiger partial charge on any atom is -0.395 e. The summed E-state index contributed by atoms with van der Waals surface area (Å²) in [6.45, 7) is -0.452. The number of aliphatic hydroxyl groups is 1. The Morgan fingerprint density at radius 1 is 1.25 bits per heavy atom. The number of rotatable bonds is 3. The lowest BCUT2D eigenvalue weighted by atomic mass is 9.77. The second-order valence-electron chi connectivity index (χ2n) is 3.48. The second-order valence-corrected chi connectivity index (χ2v) is 3.48. The molecule has 5 heteroatoms. The molecule has 88 valence electrons. The third-order valence-electron chi connectivity index (χ3n) is 2.59. The van der Waals surface area contributed by atoms with Crippen molar-refractivity contribution >= 4 is 5.78 Å². The van der Waals surface area contributed by atoms with Gasteiger partial charge >= 0.3 is 6.18 Å². The predicted octanol–water partition coefficient (Wildman–Crippen LogP) is 2.07. The average Bonchev–Trinajstić information content (AvgIpc) is 2.18. The number of alkyl halides is 3. The van der Waals surface area contributed by atoms with Crippen LogP contribution in [0.15, 0.2) is 30.3 Å². The molecule has 0 saturated carbocycles. The Labute approximate surface area is 90.7 Å². The zero-order valence-corrected chi connectivity index (χ0v) is 8.58. The Balaban J connectivity index is 3.42. The van der Waals surface area contributed by atoms with E-state index in [1.54, 1.807) is 6.07 Å². The molecule has 1 N–H and O–H groups in total. The van der Waals surface area contributed by atoms with Gasteiger partial charge in [0, 0.05) is 0 Å². The van der Waals surface area contributed by atoms with Gasteiger partial charge in [0.05, 0.1) is 6.61 Å². The van der Waals surface area contributed by atoms with E-state index in [0.717, 1.165) is 6.92 Å². The van der Waals surface area contributed by atoms with Crippen LogP contribution in [0.5, 0.6) is 0 Å². The maximum absolute atomic E-state index is 12.9. The normalized spacial score (nSPS) is 15.6. The molecule has 0 aliphatic rings. The molecule has 2 nitrogen and oxygen atoms in total. The molecule has 0 spiro atoms. The largest absolute Gasteiger partial charge is 0.407 e. The number of carbonyl (C=O) groups excluding carboxylic acids is 1. The predicted molar refractivity (Wildman–Crippen MR) is 51.9 cm³/mol. The van der Waals surface area contributed by atoms with Gasteiger partial charge in [-0.15, -0.1) is 0 Å². The molecule has 0 saturated heterocycles. The molecule has 0 aliphatic heterocycles. The number of benzene rings is 1. The van der Waals surface area contributed by atoms with Crippen molar-refractivity contribution in [1.82, 2.24) is 0 Å². The monoisotopic (exact) mass is 232 g/mol. The summed E-state index contributed by atoms with van der Waals surface area (Å²) in [6, 6.07) is 6.71. The number of hydrogen-bond donors (Lipinski definition) is 1. The van der Waals surface area contributed by atoms with E-state index in [-0.39, 0.29) is 5.56 Å². The maximum atomic E-state index is 12.9. The first-order chi connectivity index (χ1) is 7.36. The molecule has 1 rings (SSSR count). The van der Waals surface area contributed by atoms with E-state index in [4.69, 9.17) is 5.11 Å². The van der Waals surface area contributed by atoms with Crippen molar-refractivity contribution in [2.24, 2.45) is 0 Å². The zero-order valence-electron chi connectivity index (χ0n) is 8.58. The third-order valence-corrected chi connectivity index (χ3v) is 2.59. The van der Waals surface area contributed by atoms with Crippen molar-refractivity contribution < 1.29 is 23.1 Å². The topological polar surface area (TPSA) is 37.3 Å². The fourth-order valence-electron chi connectivity index (χ4n) is 1.58. The summed E-state index contributed by atoms with van der Waals surface area (Å²) in [5.74, 6) is -1.12. The van der Waals surface area contributed by atoms with E-state index in [1.807, 2.05) is 0 Å². The van der Waals surface area contributed by atoms with Gasteiger partial charge in [0.25, 0.3) is 0 Å². The third kappa shape index (κ3) is 1.82. The number of carbonyl (C=O) groups is 1. The van der Waals surface area contributed by atoms with Crippen LogP contribution in [-0.4, -0.2) is 23.7 Å². The minimum atomic E-state index is -4.81. The van der Waals surface area contributed by atoms with Crippen LogP contribution in [-0.2, 0) is 10.2 Å². The lowest BCUT2D eigenvalue weighted by Crippen LogP contribution is -2.51. The minimum absolute atomic E-state index is 0.238. The molecule has 0 radical (unpaired) electrons. The van der Waals surface area contributed by atoms with Crippen molar-refractivity contribution in [3.8, 4) is 0 Å². The maximum Gasteiger partial charge on any atom is 0.407 e. The van der Waals surface area contributed by atoms with Gasteiger partial charge in [-0.2, -0.15) is 13.2 Å².